The normalized spacial score (nSPS) is 12.5. The van der Waals surface area contributed by atoms with Gasteiger partial charge in [0.1, 0.15) is 6.54 Å². The SMILES string of the molecule is CN(c1cccc(CN)c1)S(=O)(=O)NCC(F)(F)F. The van der Waals surface area contributed by atoms with E-state index in [9.17, 15) is 21.6 Å². The van der Waals surface area contributed by atoms with Gasteiger partial charge < -0.3 is 5.73 Å². The Hall–Kier alpha value is -1.32. The number of hydrogen-bond donors (Lipinski definition) is 2. The van der Waals surface area contributed by atoms with E-state index in [-0.39, 0.29) is 12.2 Å². The van der Waals surface area contributed by atoms with E-state index in [0.717, 1.165) is 11.4 Å². The molecule has 0 saturated carbocycles. The lowest BCUT2D eigenvalue weighted by molar-refractivity contribution is -0.121. The van der Waals surface area contributed by atoms with E-state index < -0.39 is 22.9 Å². The van der Waals surface area contributed by atoms with Crippen LogP contribution in [0, 0.1) is 0 Å². The van der Waals surface area contributed by atoms with Crippen molar-refractivity contribution in [3.8, 4) is 0 Å². The molecule has 0 aliphatic rings. The minimum atomic E-state index is -4.60. The van der Waals surface area contributed by atoms with E-state index in [1.807, 2.05) is 0 Å². The van der Waals surface area contributed by atoms with Crippen LogP contribution in [0.15, 0.2) is 24.3 Å². The standard InChI is InChI=1S/C10H14F3N3O2S/c1-16(9-4-2-3-8(5-9)6-14)19(17,18)15-7-10(11,12)13/h2-5,15H,6-7,14H2,1H3. The second kappa shape index (κ2) is 5.76. The topological polar surface area (TPSA) is 75.4 Å². The van der Waals surface area contributed by atoms with E-state index in [4.69, 9.17) is 5.73 Å². The van der Waals surface area contributed by atoms with Gasteiger partial charge in [0.15, 0.2) is 0 Å². The minimum absolute atomic E-state index is 0.206. The molecule has 0 saturated heterocycles. The molecule has 0 amide bonds. The van der Waals surface area contributed by atoms with Gasteiger partial charge in [-0.3, -0.25) is 4.31 Å². The molecule has 1 aromatic rings. The summed E-state index contributed by atoms with van der Waals surface area (Å²) in [6.45, 7) is -1.41. The molecule has 19 heavy (non-hydrogen) atoms. The zero-order valence-corrected chi connectivity index (χ0v) is 10.9. The number of anilines is 1. The number of nitrogens with zero attached hydrogens (tertiary/aromatic N) is 1. The van der Waals surface area contributed by atoms with Gasteiger partial charge in [0, 0.05) is 13.6 Å². The predicted octanol–water partition coefficient (Wildman–Crippen LogP) is 0.978. The smallest absolute Gasteiger partial charge is 0.326 e. The highest BCUT2D eigenvalue weighted by molar-refractivity contribution is 7.90. The first kappa shape index (κ1) is 15.7. The second-order valence-corrected chi connectivity index (χ2v) is 5.57. The molecule has 0 fully saturated rings. The summed E-state index contributed by atoms with van der Waals surface area (Å²) in [4.78, 5) is 0. The van der Waals surface area contributed by atoms with E-state index in [1.54, 1.807) is 12.1 Å². The first-order valence-electron chi connectivity index (χ1n) is 5.25. The maximum atomic E-state index is 12.0. The number of benzene rings is 1. The zero-order chi connectivity index (χ0) is 14.7. The van der Waals surface area contributed by atoms with Crippen molar-refractivity contribution in [2.24, 2.45) is 5.73 Å². The van der Waals surface area contributed by atoms with Crippen LogP contribution in [0.1, 0.15) is 5.56 Å². The third kappa shape index (κ3) is 4.69. The molecule has 0 heterocycles. The molecule has 0 bridgehead atoms. The molecule has 9 heteroatoms. The Balaban J connectivity index is 2.88. The maximum absolute atomic E-state index is 12.0. The number of nitrogens with one attached hydrogen (secondary N) is 1. The monoisotopic (exact) mass is 297 g/mol. The first-order valence-corrected chi connectivity index (χ1v) is 6.69. The lowest BCUT2D eigenvalue weighted by Crippen LogP contribution is -2.42. The summed E-state index contributed by atoms with van der Waals surface area (Å²) in [5.41, 5.74) is 6.32. The molecule has 0 radical (unpaired) electrons. The van der Waals surface area contributed by atoms with Gasteiger partial charge in [-0.15, -0.1) is 0 Å². The molecular weight excluding hydrogens is 283 g/mol. The number of rotatable bonds is 5. The average Bonchev–Trinajstić information content (AvgIpc) is 2.35. The van der Waals surface area contributed by atoms with Crippen LogP contribution in [0.4, 0.5) is 18.9 Å². The molecule has 0 unspecified atom stereocenters. The summed E-state index contributed by atoms with van der Waals surface area (Å²) >= 11 is 0. The van der Waals surface area contributed by atoms with Crippen molar-refractivity contribution in [2.45, 2.75) is 12.7 Å². The van der Waals surface area contributed by atoms with Crippen LogP contribution in [0.25, 0.3) is 0 Å². The van der Waals surface area contributed by atoms with Crippen LogP contribution in [0.5, 0.6) is 0 Å². The van der Waals surface area contributed by atoms with Gasteiger partial charge in [-0.25, -0.2) is 0 Å². The summed E-state index contributed by atoms with van der Waals surface area (Å²) < 4.78 is 61.6. The highest BCUT2D eigenvalue weighted by Crippen LogP contribution is 2.18. The predicted molar refractivity (Wildman–Crippen MR) is 65.7 cm³/mol. The van der Waals surface area contributed by atoms with Crippen molar-refractivity contribution in [3.05, 3.63) is 29.8 Å². The van der Waals surface area contributed by atoms with Gasteiger partial charge in [0.25, 0.3) is 0 Å². The summed E-state index contributed by atoms with van der Waals surface area (Å²) in [6, 6.07) is 6.22. The fourth-order valence-corrected chi connectivity index (χ4v) is 2.22. The Bertz CT molecular complexity index is 531. The summed E-state index contributed by atoms with van der Waals surface area (Å²) in [6.07, 6.45) is -4.60. The number of alkyl halides is 3. The first-order chi connectivity index (χ1) is 8.65. The van der Waals surface area contributed by atoms with Crippen LogP contribution in [-0.4, -0.2) is 28.2 Å². The molecule has 0 spiro atoms. The quantitative estimate of drug-likeness (QED) is 0.850. The Morgan fingerprint density at radius 2 is 2.00 bits per heavy atom. The fourth-order valence-electron chi connectivity index (χ4n) is 1.29. The van der Waals surface area contributed by atoms with E-state index >= 15 is 0 Å². The van der Waals surface area contributed by atoms with Gasteiger partial charge in [-0.2, -0.15) is 26.3 Å². The molecule has 0 aliphatic carbocycles. The molecule has 1 aromatic carbocycles. The highest BCUT2D eigenvalue weighted by Gasteiger charge is 2.31. The van der Waals surface area contributed by atoms with E-state index in [2.05, 4.69) is 0 Å². The number of nitrogens with two attached hydrogens (primary N) is 1. The van der Waals surface area contributed by atoms with Crippen molar-refractivity contribution in [2.75, 3.05) is 17.9 Å². The third-order valence-electron chi connectivity index (χ3n) is 2.33. The Morgan fingerprint density at radius 1 is 1.37 bits per heavy atom. The van der Waals surface area contributed by atoms with Gasteiger partial charge in [0.05, 0.1) is 5.69 Å². The van der Waals surface area contributed by atoms with Crippen LogP contribution in [-0.2, 0) is 16.8 Å². The largest absolute Gasteiger partial charge is 0.402 e. The maximum Gasteiger partial charge on any atom is 0.402 e. The van der Waals surface area contributed by atoms with Crippen LogP contribution in [0.2, 0.25) is 0 Å². The van der Waals surface area contributed by atoms with Gasteiger partial charge in [0.2, 0.25) is 0 Å². The fraction of sp³-hybridized carbons (Fsp3) is 0.400. The summed E-state index contributed by atoms with van der Waals surface area (Å²) in [7, 11) is -3.09. The average molecular weight is 297 g/mol. The van der Waals surface area contributed by atoms with Crippen molar-refractivity contribution in [1.82, 2.24) is 4.72 Å². The minimum Gasteiger partial charge on any atom is -0.326 e. The number of hydrogen-bond acceptors (Lipinski definition) is 3. The van der Waals surface area contributed by atoms with Gasteiger partial charge >= 0.3 is 16.4 Å². The second-order valence-electron chi connectivity index (χ2n) is 3.78. The summed E-state index contributed by atoms with van der Waals surface area (Å²) in [5.74, 6) is 0. The molecule has 3 N–H and O–H groups in total. The molecular formula is C10H14F3N3O2S. The molecule has 108 valence electrons. The van der Waals surface area contributed by atoms with Crippen LogP contribution in [0.3, 0.4) is 0 Å². The number of halogens is 3. The lowest BCUT2D eigenvalue weighted by Gasteiger charge is -2.20. The van der Waals surface area contributed by atoms with Crippen LogP contribution < -0.4 is 14.8 Å². The Kier molecular flexibility index (Phi) is 4.77. The summed E-state index contributed by atoms with van der Waals surface area (Å²) in [5, 5.41) is 0. The van der Waals surface area contributed by atoms with E-state index in [0.29, 0.717) is 5.56 Å². The van der Waals surface area contributed by atoms with Crippen molar-refractivity contribution in [3.63, 3.8) is 0 Å². The zero-order valence-electron chi connectivity index (χ0n) is 10.1. The molecule has 1 rings (SSSR count). The van der Waals surface area contributed by atoms with Gasteiger partial charge in [-0.1, -0.05) is 12.1 Å². The highest BCUT2D eigenvalue weighted by atomic mass is 32.2. The van der Waals surface area contributed by atoms with Crippen molar-refractivity contribution >= 4 is 15.9 Å². The molecule has 0 atom stereocenters. The van der Waals surface area contributed by atoms with E-state index in [1.165, 1.54) is 16.9 Å². The Labute approximate surface area is 109 Å². The lowest BCUT2D eigenvalue weighted by atomic mass is 10.2. The van der Waals surface area contributed by atoms with Gasteiger partial charge in [-0.05, 0) is 17.7 Å². The Morgan fingerprint density at radius 3 is 2.53 bits per heavy atom. The van der Waals surface area contributed by atoms with Crippen LogP contribution >= 0.6 is 0 Å². The third-order valence-corrected chi connectivity index (χ3v) is 3.77. The molecule has 0 aliphatic heterocycles. The molecule has 5 nitrogen and oxygen atoms in total. The van der Waals surface area contributed by atoms with Crippen molar-refractivity contribution in [1.29, 1.82) is 0 Å². The van der Waals surface area contributed by atoms with Crippen molar-refractivity contribution < 1.29 is 21.6 Å². The molecule has 0 aromatic heterocycles.